The molecular formula is C14H12O3. The molecule has 0 unspecified atom stereocenters. The summed E-state index contributed by atoms with van der Waals surface area (Å²) in [4.78, 5) is 12.1. The number of fused-ring (bicyclic) bond motifs is 2. The Kier molecular flexibility index (Phi) is 3.15. The van der Waals surface area contributed by atoms with Crippen molar-refractivity contribution in [2.24, 2.45) is 0 Å². The third-order valence-corrected chi connectivity index (χ3v) is 2.85. The van der Waals surface area contributed by atoms with Gasteiger partial charge in [-0.25, -0.2) is 0 Å². The average molecular weight is 228 g/mol. The van der Waals surface area contributed by atoms with Crippen LogP contribution in [-0.2, 0) is 4.79 Å². The Balaban J connectivity index is 2.45. The lowest BCUT2D eigenvalue weighted by atomic mass is 9.79. The molecule has 2 aliphatic rings. The second kappa shape index (κ2) is 4.59. The molecule has 0 spiro atoms. The highest BCUT2D eigenvalue weighted by Crippen LogP contribution is 2.29. The van der Waals surface area contributed by atoms with E-state index in [4.69, 9.17) is 0 Å². The van der Waals surface area contributed by atoms with Crippen LogP contribution in [0.15, 0.2) is 23.8 Å². The third kappa shape index (κ3) is 2.31. The number of carbonyl (C=O) groups is 1. The Bertz CT molecular complexity index is 519. The quantitative estimate of drug-likeness (QED) is 0.588. The number of aliphatic hydroxyl groups is 2. The molecule has 0 aromatic carbocycles. The zero-order valence-electron chi connectivity index (χ0n) is 9.23. The van der Waals surface area contributed by atoms with Crippen molar-refractivity contribution >= 4 is 5.78 Å². The zero-order chi connectivity index (χ0) is 12.3. The van der Waals surface area contributed by atoms with E-state index < -0.39 is 17.5 Å². The van der Waals surface area contributed by atoms with Gasteiger partial charge in [-0.2, -0.15) is 0 Å². The van der Waals surface area contributed by atoms with Crippen molar-refractivity contribution in [3.05, 3.63) is 23.8 Å². The van der Waals surface area contributed by atoms with Gasteiger partial charge in [-0.3, -0.25) is 4.79 Å². The molecule has 0 aromatic rings. The molecule has 2 bridgehead atoms. The predicted octanol–water partition coefficient (Wildman–Crippen LogP) is 0.334. The molecule has 17 heavy (non-hydrogen) atoms. The lowest BCUT2D eigenvalue weighted by Crippen LogP contribution is -2.43. The molecule has 0 fully saturated rings. The molecule has 3 nitrogen and oxygen atoms in total. The topological polar surface area (TPSA) is 57.5 Å². The maximum absolute atomic E-state index is 12.1. The lowest BCUT2D eigenvalue weighted by molar-refractivity contribution is -0.135. The van der Waals surface area contributed by atoms with Crippen LogP contribution in [0.25, 0.3) is 0 Å². The molecule has 0 amide bonds. The summed E-state index contributed by atoms with van der Waals surface area (Å²) in [6, 6.07) is 0. The molecule has 0 aromatic heterocycles. The van der Waals surface area contributed by atoms with Crippen molar-refractivity contribution < 1.29 is 15.0 Å². The molecule has 2 rings (SSSR count). The summed E-state index contributed by atoms with van der Waals surface area (Å²) in [6.45, 7) is 0. The van der Waals surface area contributed by atoms with Gasteiger partial charge in [0.1, 0.15) is 11.7 Å². The van der Waals surface area contributed by atoms with Gasteiger partial charge in [0.2, 0.25) is 0 Å². The first-order chi connectivity index (χ1) is 8.13. The average Bonchev–Trinajstić information content (AvgIpc) is 2.32. The molecule has 0 saturated heterocycles. The van der Waals surface area contributed by atoms with Gasteiger partial charge < -0.3 is 10.2 Å². The minimum atomic E-state index is -1.47. The van der Waals surface area contributed by atoms with Crippen LogP contribution in [0, 0.1) is 23.7 Å². The van der Waals surface area contributed by atoms with Crippen LogP contribution in [0.4, 0.5) is 0 Å². The van der Waals surface area contributed by atoms with Crippen molar-refractivity contribution in [3.63, 3.8) is 0 Å². The summed E-state index contributed by atoms with van der Waals surface area (Å²) >= 11 is 0. The first kappa shape index (κ1) is 11.7. The number of allylic oxidation sites excluding steroid dienone is 3. The highest BCUT2D eigenvalue weighted by atomic mass is 16.3. The van der Waals surface area contributed by atoms with Gasteiger partial charge in [0.15, 0.2) is 5.78 Å². The van der Waals surface area contributed by atoms with Crippen LogP contribution in [0.1, 0.15) is 19.3 Å². The van der Waals surface area contributed by atoms with Crippen LogP contribution >= 0.6 is 0 Å². The van der Waals surface area contributed by atoms with Crippen LogP contribution in [0.3, 0.4) is 0 Å². The van der Waals surface area contributed by atoms with Crippen molar-refractivity contribution in [3.8, 4) is 23.7 Å². The van der Waals surface area contributed by atoms with Crippen molar-refractivity contribution in [1.82, 2.24) is 0 Å². The number of aliphatic hydroxyl groups excluding tert-OH is 1. The molecule has 2 aliphatic carbocycles. The molecule has 0 radical (unpaired) electrons. The summed E-state index contributed by atoms with van der Waals surface area (Å²) in [7, 11) is 0. The van der Waals surface area contributed by atoms with Crippen molar-refractivity contribution in [1.29, 1.82) is 0 Å². The van der Waals surface area contributed by atoms with E-state index in [1.54, 1.807) is 6.08 Å². The minimum Gasteiger partial charge on any atom is -0.381 e. The van der Waals surface area contributed by atoms with Crippen LogP contribution in [0.2, 0.25) is 0 Å². The summed E-state index contributed by atoms with van der Waals surface area (Å²) in [5, 5.41) is 20.0. The van der Waals surface area contributed by atoms with E-state index in [1.165, 1.54) is 12.2 Å². The highest BCUT2D eigenvalue weighted by Gasteiger charge is 2.40. The fourth-order valence-corrected chi connectivity index (χ4v) is 1.89. The highest BCUT2D eigenvalue weighted by molar-refractivity contribution is 6.04. The summed E-state index contributed by atoms with van der Waals surface area (Å²) < 4.78 is 0. The minimum absolute atomic E-state index is 0.0836. The Labute approximate surface area is 99.8 Å². The monoisotopic (exact) mass is 228 g/mol. The second-order valence-corrected chi connectivity index (χ2v) is 4.08. The fourth-order valence-electron chi connectivity index (χ4n) is 1.89. The second-order valence-electron chi connectivity index (χ2n) is 4.08. The molecular weight excluding hydrogens is 216 g/mol. The Morgan fingerprint density at radius 2 is 2.12 bits per heavy atom. The third-order valence-electron chi connectivity index (χ3n) is 2.85. The smallest absolute Gasteiger partial charge is 0.194 e. The lowest BCUT2D eigenvalue weighted by Gasteiger charge is -2.29. The number of ketones is 1. The van der Waals surface area contributed by atoms with Gasteiger partial charge in [-0.1, -0.05) is 29.8 Å². The molecule has 3 heteroatoms. The summed E-state index contributed by atoms with van der Waals surface area (Å²) in [6.07, 6.45) is 4.53. The van der Waals surface area contributed by atoms with Gasteiger partial charge in [-0.05, 0) is 25.0 Å². The van der Waals surface area contributed by atoms with Crippen LogP contribution < -0.4 is 0 Å². The SMILES string of the molecule is O=C1C2=CCC[C@@]1(O)CC#C/C=C\C#C[C@@H]2O. The van der Waals surface area contributed by atoms with E-state index in [2.05, 4.69) is 23.7 Å². The number of Topliss-reactive ketones (excluding diaryl/α,β-unsaturated/α-hetero) is 1. The normalized spacial score (nSPS) is 33.2. The van der Waals surface area contributed by atoms with Crippen LogP contribution in [0.5, 0.6) is 0 Å². The van der Waals surface area contributed by atoms with E-state index in [-0.39, 0.29) is 12.0 Å². The van der Waals surface area contributed by atoms with E-state index in [0.29, 0.717) is 12.8 Å². The first-order valence-corrected chi connectivity index (χ1v) is 5.43. The fraction of sp³-hybridized carbons (Fsp3) is 0.357. The zero-order valence-corrected chi connectivity index (χ0v) is 9.23. The number of hydrogen-bond acceptors (Lipinski definition) is 3. The van der Waals surface area contributed by atoms with Gasteiger partial charge in [-0.15, -0.1) is 0 Å². The summed E-state index contributed by atoms with van der Waals surface area (Å²) in [5.74, 6) is 10.1. The molecule has 0 heterocycles. The molecule has 86 valence electrons. The maximum atomic E-state index is 12.1. The molecule has 0 aliphatic heterocycles. The van der Waals surface area contributed by atoms with Crippen LogP contribution in [-0.4, -0.2) is 27.7 Å². The standard InChI is InChI=1S/C14H12O3/c15-12-8-4-2-1-3-5-9-14(17)10-6-7-11(12)13(14)16/h1-2,7,12,15,17H,6,9-10H2/b2-1-/t12-,14-/m0/s1. The predicted molar refractivity (Wildman–Crippen MR) is 62.6 cm³/mol. The Morgan fingerprint density at radius 1 is 1.35 bits per heavy atom. The largest absolute Gasteiger partial charge is 0.381 e. The summed E-state index contributed by atoms with van der Waals surface area (Å²) in [5.41, 5.74) is -1.29. The van der Waals surface area contributed by atoms with Crippen molar-refractivity contribution in [2.45, 2.75) is 31.0 Å². The number of hydrogen-bond donors (Lipinski definition) is 2. The maximum Gasteiger partial charge on any atom is 0.194 e. The molecule has 2 N–H and O–H groups in total. The van der Waals surface area contributed by atoms with Gasteiger partial charge in [0.25, 0.3) is 0 Å². The van der Waals surface area contributed by atoms with Crippen molar-refractivity contribution in [2.75, 3.05) is 0 Å². The number of carbonyl (C=O) groups excluding carboxylic acids is 1. The van der Waals surface area contributed by atoms with Gasteiger partial charge in [0.05, 0.1) is 0 Å². The Hall–Kier alpha value is -1.81. The molecule has 2 atom stereocenters. The van der Waals surface area contributed by atoms with E-state index in [9.17, 15) is 15.0 Å². The van der Waals surface area contributed by atoms with E-state index >= 15 is 0 Å². The Morgan fingerprint density at radius 3 is 2.94 bits per heavy atom. The number of rotatable bonds is 0. The van der Waals surface area contributed by atoms with E-state index in [1.807, 2.05) is 0 Å². The van der Waals surface area contributed by atoms with E-state index in [0.717, 1.165) is 0 Å². The molecule has 0 saturated carbocycles. The van der Waals surface area contributed by atoms with Gasteiger partial charge >= 0.3 is 0 Å². The van der Waals surface area contributed by atoms with Gasteiger partial charge in [0, 0.05) is 12.0 Å². The first-order valence-electron chi connectivity index (χ1n) is 5.43.